The molecule has 0 spiro atoms. The lowest BCUT2D eigenvalue weighted by Gasteiger charge is -2.03. The molecular weight excluding hydrogens is 206 g/mol. The summed E-state index contributed by atoms with van der Waals surface area (Å²) in [7, 11) is 0. The Morgan fingerprint density at radius 3 is 2.56 bits per heavy atom. The molecule has 5 heteroatoms. The summed E-state index contributed by atoms with van der Waals surface area (Å²) in [6.07, 6.45) is 5.19. The van der Waals surface area contributed by atoms with Crippen LogP contribution in [-0.4, -0.2) is 21.6 Å². The number of nitrogens with zero attached hydrogens (tertiary/aromatic N) is 2. The quantitative estimate of drug-likeness (QED) is 0.770. The Hall–Kier alpha value is -1.52. The summed E-state index contributed by atoms with van der Waals surface area (Å²) in [5, 5.41) is 2.74. The zero-order chi connectivity index (χ0) is 12.0. The Morgan fingerprint density at radius 1 is 1.25 bits per heavy atom. The van der Waals surface area contributed by atoms with Gasteiger partial charge in [0.2, 0.25) is 5.91 Å². The Balaban J connectivity index is 2.60. The molecule has 1 aromatic heterocycles. The molecule has 0 aliphatic carbocycles. The van der Waals surface area contributed by atoms with Crippen LogP contribution in [0, 0.1) is 0 Å². The summed E-state index contributed by atoms with van der Waals surface area (Å²) in [5.41, 5.74) is -0.117. The lowest BCUT2D eigenvalue weighted by atomic mass is 10.4. The number of amides is 1. The van der Waals surface area contributed by atoms with Gasteiger partial charge in [-0.05, 0) is 12.8 Å². The molecule has 5 nitrogen and oxygen atoms in total. The molecule has 1 amide bonds. The zero-order valence-electron chi connectivity index (χ0n) is 9.90. The van der Waals surface area contributed by atoms with Crippen molar-refractivity contribution in [3.8, 4) is 0 Å². The predicted molar refractivity (Wildman–Crippen MR) is 62.3 cm³/mol. The maximum absolute atomic E-state index is 11.7. The Kier molecular flexibility index (Phi) is 4.82. The van der Waals surface area contributed by atoms with E-state index in [1.165, 1.54) is 4.57 Å². The molecule has 1 aromatic rings. The fraction of sp³-hybridized carbons (Fsp3) is 0.636. The van der Waals surface area contributed by atoms with E-state index < -0.39 is 0 Å². The second kappa shape index (κ2) is 6.15. The van der Waals surface area contributed by atoms with Gasteiger partial charge in [0.1, 0.15) is 6.54 Å². The summed E-state index contributed by atoms with van der Waals surface area (Å²) in [6, 6.07) is 0. The Morgan fingerprint density at radius 2 is 1.94 bits per heavy atom. The normalized spacial score (nSPS) is 10.4. The number of nitrogens with one attached hydrogen (secondary N) is 1. The van der Waals surface area contributed by atoms with E-state index in [4.69, 9.17) is 0 Å². The van der Waals surface area contributed by atoms with Crippen molar-refractivity contribution < 1.29 is 4.79 Å². The van der Waals surface area contributed by atoms with Crippen molar-refractivity contribution in [1.29, 1.82) is 0 Å². The van der Waals surface area contributed by atoms with Gasteiger partial charge in [-0.15, -0.1) is 0 Å². The van der Waals surface area contributed by atoms with E-state index in [0.29, 0.717) is 13.1 Å². The van der Waals surface area contributed by atoms with E-state index in [-0.39, 0.29) is 18.1 Å². The molecule has 0 saturated carbocycles. The van der Waals surface area contributed by atoms with Crippen LogP contribution in [0.4, 0.5) is 0 Å². The lowest BCUT2D eigenvalue weighted by molar-refractivity contribution is -0.121. The van der Waals surface area contributed by atoms with Crippen molar-refractivity contribution >= 4 is 5.91 Å². The molecule has 1 rings (SSSR count). The smallest absolute Gasteiger partial charge is 0.328 e. The third-order valence-corrected chi connectivity index (χ3v) is 2.27. The van der Waals surface area contributed by atoms with Crippen LogP contribution in [0.1, 0.15) is 26.7 Å². The fourth-order valence-electron chi connectivity index (χ4n) is 1.46. The predicted octanol–water partition coefficient (Wildman–Crippen LogP) is 0.586. The van der Waals surface area contributed by atoms with Gasteiger partial charge in [0, 0.05) is 25.5 Å². The van der Waals surface area contributed by atoms with Crippen LogP contribution in [0.2, 0.25) is 0 Å². The van der Waals surface area contributed by atoms with Gasteiger partial charge in [-0.25, -0.2) is 4.79 Å². The molecule has 90 valence electrons. The molecule has 0 aliphatic rings. The summed E-state index contributed by atoms with van der Waals surface area (Å²) in [5.74, 6) is -0.113. The van der Waals surface area contributed by atoms with Gasteiger partial charge in [0.25, 0.3) is 0 Å². The van der Waals surface area contributed by atoms with Crippen molar-refractivity contribution in [2.24, 2.45) is 0 Å². The highest BCUT2D eigenvalue weighted by molar-refractivity contribution is 5.75. The first-order valence-electron chi connectivity index (χ1n) is 5.71. The minimum absolute atomic E-state index is 0.107. The zero-order valence-corrected chi connectivity index (χ0v) is 9.90. The Labute approximate surface area is 95.1 Å². The van der Waals surface area contributed by atoms with Gasteiger partial charge in [0.15, 0.2) is 0 Å². The molecule has 16 heavy (non-hydrogen) atoms. The van der Waals surface area contributed by atoms with E-state index in [2.05, 4.69) is 5.32 Å². The topological polar surface area (TPSA) is 56.0 Å². The second-order valence-electron chi connectivity index (χ2n) is 3.75. The maximum Gasteiger partial charge on any atom is 0.328 e. The molecule has 0 bridgehead atoms. The summed E-state index contributed by atoms with van der Waals surface area (Å²) >= 11 is 0. The second-order valence-corrected chi connectivity index (χ2v) is 3.75. The highest BCUT2D eigenvalue weighted by Crippen LogP contribution is 1.88. The molecule has 0 radical (unpaired) electrons. The highest BCUT2D eigenvalue weighted by atomic mass is 16.2. The van der Waals surface area contributed by atoms with Gasteiger partial charge in [-0.3, -0.25) is 13.9 Å². The molecule has 0 unspecified atom stereocenters. The fourth-order valence-corrected chi connectivity index (χ4v) is 1.46. The van der Waals surface area contributed by atoms with Crippen molar-refractivity contribution in [2.45, 2.75) is 39.8 Å². The van der Waals surface area contributed by atoms with Gasteiger partial charge in [-0.1, -0.05) is 13.8 Å². The summed E-state index contributed by atoms with van der Waals surface area (Å²) < 4.78 is 3.05. The van der Waals surface area contributed by atoms with E-state index in [1.54, 1.807) is 17.0 Å². The van der Waals surface area contributed by atoms with Crippen LogP contribution in [0.3, 0.4) is 0 Å². The molecule has 0 fully saturated rings. The van der Waals surface area contributed by atoms with E-state index in [0.717, 1.165) is 12.8 Å². The number of rotatable bonds is 6. The number of hydrogen-bond acceptors (Lipinski definition) is 2. The SMILES string of the molecule is CCCNC(=O)Cn1ccn(CCC)c1=O. The number of imidazole rings is 1. The first-order valence-corrected chi connectivity index (χ1v) is 5.71. The first-order chi connectivity index (χ1) is 7.69. The van der Waals surface area contributed by atoms with Gasteiger partial charge >= 0.3 is 5.69 Å². The van der Waals surface area contributed by atoms with Crippen molar-refractivity contribution in [3.05, 3.63) is 22.9 Å². The minimum atomic E-state index is -0.117. The third kappa shape index (κ3) is 3.25. The van der Waals surface area contributed by atoms with Crippen LogP contribution >= 0.6 is 0 Å². The standard InChI is InChI=1S/C11H19N3O2/c1-3-5-12-10(15)9-14-8-7-13(6-4-2)11(14)16/h7-8H,3-6,9H2,1-2H3,(H,12,15). The van der Waals surface area contributed by atoms with E-state index in [9.17, 15) is 9.59 Å². The van der Waals surface area contributed by atoms with Gasteiger partial charge in [-0.2, -0.15) is 0 Å². The number of hydrogen-bond donors (Lipinski definition) is 1. The first kappa shape index (κ1) is 12.5. The molecular formula is C11H19N3O2. The average molecular weight is 225 g/mol. The van der Waals surface area contributed by atoms with Crippen LogP contribution in [0.25, 0.3) is 0 Å². The monoisotopic (exact) mass is 225 g/mol. The van der Waals surface area contributed by atoms with Crippen LogP contribution < -0.4 is 11.0 Å². The molecule has 1 N–H and O–H groups in total. The number of aromatic nitrogens is 2. The molecule has 0 atom stereocenters. The summed E-state index contributed by atoms with van der Waals surface area (Å²) in [6.45, 7) is 5.46. The van der Waals surface area contributed by atoms with Crippen LogP contribution in [-0.2, 0) is 17.9 Å². The highest BCUT2D eigenvalue weighted by Gasteiger charge is 2.06. The van der Waals surface area contributed by atoms with Crippen LogP contribution in [0.15, 0.2) is 17.2 Å². The van der Waals surface area contributed by atoms with Crippen molar-refractivity contribution in [2.75, 3.05) is 6.54 Å². The summed E-state index contributed by atoms with van der Waals surface area (Å²) in [4.78, 5) is 23.1. The van der Waals surface area contributed by atoms with Gasteiger partial charge < -0.3 is 5.32 Å². The molecule has 0 saturated heterocycles. The number of carbonyl (C=O) groups excluding carboxylic acids is 1. The van der Waals surface area contributed by atoms with E-state index >= 15 is 0 Å². The van der Waals surface area contributed by atoms with E-state index in [1.807, 2.05) is 13.8 Å². The number of carbonyl (C=O) groups is 1. The third-order valence-electron chi connectivity index (χ3n) is 2.27. The van der Waals surface area contributed by atoms with Crippen molar-refractivity contribution in [3.63, 3.8) is 0 Å². The molecule has 0 aliphatic heterocycles. The lowest BCUT2D eigenvalue weighted by Crippen LogP contribution is -2.33. The molecule has 1 heterocycles. The number of aryl methyl sites for hydroxylation is 1. The largest absolute Gasteiger partial charge is 0.355 e. The minimum Gasteiger partial charge on any atom is -0.355 e. The Bertz CT molecular complexity index is 392. The van der Waals surface area contributed by atoms with Crippen LogP contribution in [0.5, 0.6) is 0 Å². The van der Waals surface area contributed by atoms with Gasteiger partial charge in [0.05, 0.1) is 0 Å². The molecule has 0 aromatic carbocycles. The average Bonchev–Trinajstić information content (AvgIpc) is 2.59. The maximum atomic E-state index is 11.7. The van der Waals surface area contributed by atoms with Crippen molar-refractivity contribution in [1.82, 2.24) is 14.5 Å².